The maximum atomic E-state index is 5.35. The minimum absolute atomic E-state index is 0.624. The van der Waals surface area contributed by atoms with E-state index in [0.29, 0.717) is 52.4 Å². The Bertz CT molecular complexity index is 9690. The van der Waals surface area contributed by atoms with Crippen LogP contribution in [0.4, 0.5) is 0 Å². The molecule has 9 aromatic heterocycles. The van der Waals surface area contributed by atoms with Crippen LogP contribution in [0.25, 0.3) is 274 Å². The van der Waals surface area contributed by atoms with Crippen molar-refractivity contribution in [2.24, 2.45) is 0 Å². The summed E-state index contributed by atoms with van der Waals surface area (Å²) in [6.07, 6.45) is 0. The number of thiophene rings is 3. The second-order valence-electron chi connectivity index (χ2n) is 36.0. The molecule has 19 aromatic carbocycles. The number of hydrogen-bond donors (Lipinski definition) is 0. The van der Waals surface area contributed by atoms with E-state index in [-0.39, 0.29) is 0 Å². The van der Waals surface area contributed by atoms with Gasteiger partial charge in [-0.2, -0.15) is 0 Å². The summed E-state index contributed by atoms with van der Waals surface area (Å²) in [7, 11) is 0. The first kappa shape index (κ1) is 88.3. The van der Waals surface area contributed by atoms with Crippen molar-refractivity contribution in [2.45, 2.75) is 0 Å². The summed E-state index contributed by atoms with van der Waals surface area (Å²) in [5.41, 5.74) is 26.9. The van der Waals surface area contributed by atoms with Crippen LogP contribution in [0.1, 0.15) is 0 Å². The smallest absolute Gasteiger partial charge is 0.164 e. The molecule has 15 heteroatoms. The fourth-order valence-electron chi connectivity index (χ4n) is 19.5. The number of benzene rings is 19. The monoisotopic (exact) mass is 1930 g/mol. The van der Waals surface area contributed by atoms with Crippen molar-refractivity contribution in [3.63, 3.8) is 0 Å². The molecular weight excluding hydrogens is 1850 g/mol. The molecule has 0 saturated carbocycles. The van der Waals surface area contributed by atoms with Crippen LogP contribution in [0.3, 0.4) is 0 Å². The van der Waals surface area contributed by atoms with Crippen molar-refractivity contribution in [2.75, 3.05) is 0 Å². The summed E-state index contributed by atoms with van der Waals surface area (Å²) in [6, 6.07) is 172. The molecule has 147 heavy (non-hydrogen) atoms. The highest BCUT2D eigenvalue weighted by Gasteiger charge is 2.25. The zero-order valence-electron chi connectivity index (χ0n) is 78.9. The van der Waals surface area contributed by atoms with Gasteiger partial charge in [-0.3, -0.25) is 0 Å². The van der Waals surface area contributed by atoms with E-state index in [4.69, 9.17) is 59.8 Å². The van der Waals surface area contributed by atoms with E-state index in [1.165, 1.54) is 116 Å². The predicted molar refractivity (Wildman–Crippen MR) is 611 cm³/mol. The Morgan fingerprint density at radius 3 is 0.571 bits per heavy atom. The van der Waals surface area contributed by atoms with E-state index in [0.717, 1.165) is 106 Å². The molecule has 0 amide bonds. The molecule has 0 aliphatic rings. The average molecular weight is 1930 g/mol. The first-order chi connectivity index (χ1) is 72.8. The van der Waals surface area contributed by atoms with Crippen molar-refractivity contribution in [3.05, 3.63) is 497 Å². The van der Waals surface area contributed by atoms with Gasteiger partial charge in [-0.15, -0.1) is 34.0 Å². The van der Waals surface area contributed by atoms with E-state index >= 15 is 0 Å². The molecule has 0 N–H and O–H groups in total. The van der Waals surface area contributed by atoms with Crippen molar-refractivity contribution >= 4 is 127 Å². The molecule has 0 unspecified atom stereocenters. The van der Waals surface area contributed by atoms with E-state index in [1.54, 1.807) is 0 Å². The largest absolute Gasteiger partial charge is 0.247 e. The molecule has 12 nitrogen and oxygen atoms in total. The third-order valence-electron chi connectivity index (χ3n) is 26.8. The van der Waals surface area contributed by atoms with Gasteiger partial charge in [0.15, 0.2) is 52.4 Å². The Labute approximate surface area is 858 Å². The molecule has 28 aromatic rings. The molecular formula is C132H82N12S3. The van der Waals surface area contributed by atoms with E-state index in [2.05, 4.69) is 340 Å². The second kappa shape index (κ2) is 38.8. The number of aromatic nitrogens is 12. The van der Waals surface area contributed by atoms with E-state index in [1.807, 2.05) is 192 Å². The Balaban J connectivity index is 0.000000112. The first-order valence-electron chi connectivity index (χ1n) is 48.8. The van der Waals surface area contributed by atoms with Crippen LogP contribution in [0.2, 0.25) is 0 Å². The molecule has 0 aliphatic carbocycles. The van der Waals surface area contributed by atoms with Crippen LogP contribution in [0.5, 0.6) is 0 Å². The van der Waals surface area contributed by atoms with Crippen LogP contribution < -0.4 is 0 Å². The molecule has 28 rings (SSSR count). The van der Waals surface area contributed by atoms with Gasteiger partial charge in [-0.25, -0.2) is 59.8 Å². The highest BCUT2D eigenvalue weighted by atomic mass is 32.1. The lowest BCUT2D eigenvalue weighted by atomic mass is 9.98. The molecule has 0 saturated heterocycles. The third-order valence-corrected chi connectivity index (χ3v) is 30.4. The molecule has 9 heterocycles. The Hall–Kier alpha value is -18.9. The zero-order chi connectivity index (χ0) is 97.5. The van der Waals surface area contributed by atoms with E-state index < -0.39 is 0 Å². The van der Waals surface area contributed by atoms with Crippen molar-refractivity contribution in [1.29, 1.82) is 0 Å². The lowest BCUT2D eigenvalue weighted by Gasteiger charge is -2.11. The van der Waals surface area contributed by atoms with Crippen molar-refractivity contribution in [1.82, 2.24) is 59.8 Å². The normalized spacial score (nSPS) is 11.4. The van der Waals surface area contributed by atoms with Gasteiger partial charge in [0.05, 0.1) is 33.6 Å². The lowest BCUT2D eigenvalue weighted by molar-refractivity contribution is 1.07. The van der Waals surface area contributed by atoms with Crippen molar-refractivity contribution < 1.29 is 0 Å². The second-order valence-corrected chi connectivity index (χ2v) is 39.2. The molecule has 0 bridgehead atoms. The number of hydrogen-bond acceptors (Lipinski definition) is 15. The maximum absolute atomic E-state index is 5.35. The average Bonchev–Trinajstić information content (AvgIpc) is 1.62. The third kappa shape index (κ3) is 17.5. The molecule has 0 radical (unpaired) electrons. The van der Waals surface area contributed by atoms with Crippen LogP contribution >= 0.6 is 34.0 Å². The Morgan fingerprint density at radius 2 is 0.299 bits per heavy atom. The van der Waals surface area contributed by atoms with Gasteiger partial charge in [0.25, 0.3) is 0 Å². The Kier molecular flexibility index (Phi) is 23.3. The zero-order valence-corrected chi connectivity index (χ0v) is 81.4. The molecule has 688 valence electrons. The van der Waals surface area contributed by atoms with Gasteiger partial charge in [0.1, 0.15) is 0 Å². The minimum atomic E-state index is 0.624. The molecule has 0 aliphatic heterocycles. The maximum Gasteiger partial charge on any atom is 0.164 e. The fraction of sp³-hybridized carbons (Fsp3) is 0. The summed E-state index contributed by atoms with van der Waals surface area (Å²) < 4.78 is 7.50. The number of pyridine rings is 3. The van der Waals surface area contributed by atoms with Crippen LogP contribution in [0.15, 0.2) is 497 Å². The predicted octanol–water partition coefficient (Wildman–Crippen LogP) is 35.0. The summed E-state index contributed by atoms with van der Waals surface area (Å²) >= 11 is 5.50. The van der Waals surface area contributed by atoms with E-state index in [9.17, 15) is 0 Å². The first-order valence-corrected chi connectivity index (χ1v) is 51.2. The van der Waals surface area contributed by atoms with Crippen LogP contribution in [0, 0.1) is 0 Å². The SMILES string of the molecule is c1ccc(-c2ccc(-c3nc(-c4ccccc4)nc(-c4ccc(-c5nc6ccc(-c7ccccc7)cc6c6sc7ccccc7c56)cc4)n3)cc2)cc1.c1ccc(-c2ccc3nc(-c4ccc(-c5nc(-c6ccccc6)nc(-c6ccccc6)n5)cc4)c4c5ccccc5sc4c3c2)cc1.c1ccc(-c2ccc3nc(-c4cccc(-c5nc(-c6ccccc6)nc(-c6ccccc6)n5)c4)c4c5ccccc5sc4c3c2)cc1. The van der Waals surface area contributed by atoms with Gasteiger partial charge >= 0.3 is 0 Å². The summed E-state index contributed by atoms with van der Waals surface area (Å²) in [6.45, 7) is 0. The lowest BCUT2D eigenvalue weighted by Crippen LogP contribution is -2.00. The molecule has 0 fully saturated rings. The minimum Gasteiger partial charge on any atom is -0.247 e. The number of rotatable bonds is 16. The van der Waals surface area contributed by atoms with Crippen molar-refractivity contribution in [3.8, 4) is 181 Å². The van der Waals surface area contributed by atoms with Gasteiger partial charge in [0, 0.05) is 143 Å². The highest BCUT2D eigenvalue weighted by molar-refractivity contribution is 7.27. The standard InChI is InChI=1S/C48H30N4S.2C42H26N4S/c1-4-12-31(13-5-1)33-20-24-36(25-21-33)47-50-46(35-16-8-3-9-17-35)51-48(52-47)37-26-22-34(23-27-37)44-43-39-18-10-11-19-42(39)53-45(43)40-30-38(28-29-41(40)49-44)32-14-6-2-7-15-32;1-4-13-27(14-5-1)30-23-24-35-34(26-30)39-37(33-21-10-11-22-36(33)47-39)38(43-35)31-19-12-20-32(25-31)42-45-40(28-15-6-2-7-16-28)44-41(46-42)29-17-8-3-9-18-29;1-4-12-27(13-5-1)32-24-25-35-34(26-32)39-37(33-18-10-11-19-36(33)47-39)38(43-35)28-20-22-31(23-21-28)42-45-40(29-14-6-2-7-15-29)44-41(46-42)30-16-8-3-9-17-30/h1-30H;2*1-26H. The number of nitrogens with zero attached hydrogens (tertiary/aromatic N) is 12. The number of fused-ring (bicyclic) bond motifs is 15. The van der Waals surface area contributed by atoms with Gasteiger partial charge in [-0.05, 0) is 105 Å². The fourth-order valence-corrected chi connectivity index (χ4v) is 23.2. The highest BCUT2D eigenvalue weighted by Crippen LogP contribution is 2.49. The molecule has 0 atom stereocenters. The molecule has 0 spiro atoms. The summed E-state index contributed by atoms with van der Waals surface area (Å²) in [4.78, 5) is 60.5. The Morgan fingerprint density at radius 1 is 0.116 bits per heavy atom. The summed E-state index contributed by atoms with van der Waals surface area (Å²) in [5.74, 6) is 5.74. The quantitative estimate of drug-likeness (QED) is 0.0904. The topological polar surface area (TPSA) is 155 Å². The van der Waals surface area contributed by atoms with Crippen LogP contribution in [-0.4, -0.2) is 59.8 Å². The van der Waals surface area contributed by atoms with Gasteiger partial charge in [-0.1, -0.05) is 437 Å². The van der Waals surface area contributed by atoms with Crippen LogP contribution in [-0.2, 0) is 0 Å². The summed E-state index contributed by atoms with van der Waals surface area (Å²) in [5, 5.41) is 10.7. The van der Waals surface area contributed by atoms with Gasteiger partial charge in [0.2, 0.25) is 0 Å². The van der Waals surface area contributed by atoms with Gasteiger partial charge < -0.3 is 0 Å².